The molecule has 0 aromatic carbocycles. The highest BCUT2D eigenvalue weighted by Gasteiger charge is 2.35. The maximum atomic E-state index is 11.9. The molecule has 2 fully saturated rings. The predicted octanol–water partition coefficient (Wildman–Crippen LogP) is 2.68. The van der Waals surface area contributed by atoms with Crippen LogP contribution in [-0.4, -0.2) is 30.8 Å². The Morgan fingerprint density at radius 3 is 2.47 bits per heavy atom. The van der Waals surface area contributed by atoms with E-state index in [-0.39, 0.29) is 12.1 Å². The summed E-state index contributed by atoms with van der Waals surface area (Å²) in [7, 11) is 0. The zero-order valence-electron chi connectivity index (χ0n) is 12.5. The van der Waals surface area contributed by atoms with E-state index in [4.69, 9.17) is 4.74 Å². The van der Waals surface area contributed by atoms with Crippen LogP contribution >= 0.6 is 0 Å². The van der Waals surface area contributed by atoms with Crippen molar-refractivity contribution in [1.29, 1.82) is 0 Å². The Morgan fingerprint density at radius 2 is 1.84 bits per heavy atom. The molecule has 0 unspecified atom stereocenters. The second kappa shape index (κ2) is 6.12. The molecule has 4 nitrogen and oxygen atoms in total. The highest BCUT2D eigenvalue weighted by molar-refractivity contribution is 5.68. The Morgan fingerprint density at radius 1 is 1.16 bits per heavy atom. The molecule has 0 aromatic heterocycles. The van der Waals surface area contributed by atoms with Crippen molar-refractivity contribution in [2.45, 2.75) is 64.5 Å². The Hall–Kier alpha value is -0.770. The normalized spacial score (nSPS) is 29.2. The van der Waals surface area contributed by atoms with Crippen molar-refractivity contribution in [3.63, 3.8) is 0 Å². The second-order valence-corrected chi connectivity index (χ2v) is 6.97. The lowest BCUT2D eigenvalue weighted by Gasteiger charge is -2.31. The molecule has 1 saturated carbocycles. The summed E-state index contributed by atoms with van der Waals surface area (Å²) in [5.74, 6) is 1.34. The van der Waals surface area contributed by atoms with Crippen LogP contribution in [0.2, 0.25) is 0 Å². The van der Waals surface area contributed by atoms with Gasteiger partial charge in [-0.05, 0) is 32.6 Å². The molecule has 0 spiro atoms. The van der Waals surface area contributed by atoms with E-state index >= 15 is 0 Å². The van der Waals surface area contributed by atoms with Gasteiger partial charge in [0.15, 0.2) is 0 Å². The Bertz CT molecular complexity index is 306. The fourth-order valence-corrected chi connectivity index (χ4v) is 3.37. The lowest BCUT2D eigenvalue weighted by molar-refractivity contribution is 0.0484. The third kappa shape index (κ3) is 4.37. The number of nitrogens with one attached hydrogen (secondary N) is 2. The molecule has 2 aliphatic rings. The Labute approximate surface area is 116 Å². The van der Waals surface area contributed by atoms with E-state index in [1.54, 1.807) is 0 Å². The van der Waals surface area contributed by atoms with Crippen molar-refractivity contribution < 1.29 is 9.53 Å². The number of amides is 1. The monoisotopic (exact) mass is 268 g/mol. The molecule has 1 heterocycles. The van der Waals surface area contributed by atoms with E-state index in [2.05, 4.69) is 10.6 Å². The van der Waals surface area contributed by atoms with Gasteiger partial charge in [0, 0.05) is 19.1 Å². The average Bonchev–Trinajstić information content (AvgIpc) is 2.75. The maximum Gasteiger partial charge on any atom is 0.407 e. The van der Waals surface area contributed by atoms with Crippen molar-refractivity contribution in [2.75, 3.05) is 13.1 Å². The standard InChI is InChI=1S/C15H28N2O2/c1-15(2,3)19-14(18)17-13-10-16-9-12(13)11-7-5-4-6-8-11/h11-13,16H,4-10H2,1-3H3,(H,17,18)/t12-,13+/m0/s1. The van der Waals surface area contributed by atoms with Crippen LogP contribution < -0.4 is 10.6 Å². The van der Waals surface area contributed by atoms with E-state index in [0.717, 1.165) is 19.0 Å². The predicted molar refractivity (Wildman–Crippen MR) is 76.1 cm³/mol. The van der Waals surface area contributed by atoms with Crippen molar-refractivity contribution in [3.05, 3.63) is 0 Å². The van der Waals surface area contributed by atoms with Gasteiger partial charge < -0.3 is 15.4 Å². The zero-order valence-corrected chi connectivity index (χ0v) is 12.5. The van der Waals surface area contributed by atoms with Crippen LogP contribution in [0.5, 0.6) is 0 Å². The fraction of sp³-hybridized carbons (Fsp3) is 0.933. The van der Waals surface area contributed by atoms with Gasteiger partial charge in [-0.15, -0.1) is 0 Å². The molecule has 0 radical (unpaired) electrons. The fourth-order valence-electron chi connectivity index (χ4n) is 3.37. The van der Waals surface area contributed by atoms with Crippen LogP contribution in [-0.2, 0) is 4.74 Å². The molecule has 19 heavy (non-hydrogen) atoms. The maximum absolute atomic E-state index is 11.9. The van der Waals surface area contributed by atoms with Gasteiger partial charge in [-0.3, -0.25) is 0 Å². The lowest BCUT2D eigenvalue weighted by Crippen LogP contribution is -2.45. The summed E-state index contributed by atoms with van der Waals surface area (Å²) >= 11 is 0. The van der Waals surface area contributed by atoms with Crippen LogP contribution in [0.4, 0.5) is 4.79 Å². The molecule has 1 aliphatic carbocycles. The van der Waals surface area contributed by atoms with Crippen molar-refractivity contribution in [3.8, 4) is 0 Å². The number of hydrogen-bond acceptors (Lipinski definition) is 3. The second-order valence-electron chi connectivity index (χ2n) is 6.97. The molecule has 2 N–H and O–H groups in total. The van der Waals surface area contributed by atoms with Gasteiger partial charge >= 0.3 is 6.09 Å². The average molecular weight is 268 g/mol. The first kappa shape index (κ1) is 14.6. The minimum atomic E-state index is -0.420. The van der Waals surface area contributed by atoms with Gasteiger partial charge in [-0.2, -0.15) is 0 Å². The van der Waals surface area contributed by atoms with Gasteiger partial charge in [0.1, 0.15) is 5.60 Å². The minimum absolute atomic E-state index is 0.234. The third-order valence-electron chi connectivity index (χ3n) is 4.22. The zero-order chi connectivity index (χ0) is 13.9. The van der Waals surface area contributed by atoms with E-state index in [1.807, 2.05) is 20.8 Å². The van der Waals surface area contributed by atoms with Crippen LogP contribution in [0.1, 0.15) is 52.9 Å². The SMILES string of the molecule is CC(C)(C)OC(=O)N[C@@H]1CNC[C@H]1C1CCCCC1. The number of carbonyl (C=O) groups is 1. The summed E-state index contributed by atoms with van der Waals surface area (Å²) in [6, 6.07) is 0.234. The van der Waals surface area contributed by atoms with Crippen molar-refractivity contribution in [2.24, 2.45) is 11.8 Å². The van der Waals surface area contributed by atoms with Crippen molar-refractivity contribution in [1.82, 2.24) is 10.6 Å². The van der Waals surface area contributed by atoms with Gasteiger partial charge in [-0.1, -0.05) is 32.1 Å². The molecule has 2 atom stereocenters. The van der Waals surface area contributed by atoms with E-state index in [0.29, 0.717) is 5.92 Å². The quantitative estimate of drug-likeness (QED) is 0.809. The number of hydrogen-bond donors (Lipinski definition) is 2. The lowest BCUT2D eigenvalue weighted by atomic mass is 9.78. The van der Waals surface area contributed by atoms with Crippen LogP contribution in [0.15, 0.2) is 0 Å². The van der Waals surface area contributed by atoms with Crippen LogP contribution in [0.3, 0.4) is 0 Å². The summed E-state index contributed by atoms with van der Waals surface area (Å²) < 4.78 is 5.36. The summed E-state index contributed by atoms with van der Waals surface area (Å²) in [4.78, 5) is 11.9. The smallest absolute Gasteiger partial charge is 0.407 e. The minimum Gasteiger partial charge on any atom is -0.444 e. The van der Waals surface area contributed by atoms with Crippen LogP contribution in [0.25, 0.3) is 0 Å². The molecular formula is C15H28N2O2. The highest BCUT2D eigenvalue weighted by Crippen LogP contribution is 2.33. The topological polar surface area (TPSA) is 50.4 Å². The number of carbonyl (C=O) groups excluding carboxylic acids is 1. The highest BCUT2D eigenvalue weighted by atomic mass is 16.6. The first-order valence-corrected chi connectivity index (χ1v) is 7.66. The number of rotatable bonds is 2. The molecule has 1 aliphatic heterocycles. The first-order chi connectivity index (χ1) is 8.96. The van der Waals surface area contributed by atoms with Gasteiger partial charge in [0.05, 0.1) is 0 Å². The third-order valence-corrected chi connectivity index (χ3v) is 4.22. The summed E-state index contributed by atoms with van der Waals surface area (Å²) in [6.07, 6.45) is 6.43. The van der Waals surface area contributed by atoms with Gasteiger partial charge in [0.2, 0.25) is 0 Å². The Balaban J connectivity index is 1.86. The molecule has 0 aromatic rings. The molecule has 1 amide bonds. The van der Waals surface area contributed by atoms with Gasteiger partial charge in [0.25, 0.3) is 0 Å². The number of alkyl carbamates (subject to hydrolysis) is 1. The van der Waals surface area contributed by atoms with E-state index < -0.39 is 5.60 Å². The molecule has 0 bridgehead atoms. The molecular weight excluding hydrogens is 240 g/mol. The Kier molecular flexibility index (Phi) is 4.71. The molecule has 2 rings (SSSR count). The molecule has 4 heteroatoms. The first-order valence-electron chi connectivity index (χ1n) is 7.66. The summed E-state index contributed by atoms with van der Waals surface area (Å²) in [5, 5.41) is 6.48. The van der Waals surface area contributed by atoms with Crippen LogP contribution in [0, 0.1) is 11.8 Å². The number of ether oxygens (including phenoxy) is 1. The summed E-state index contributed by atoms with van der Waals surface area (Å²) in [6.45, 7) is 7.61. The van der Waals surface area contributed by atoms with Crippen molar-refractivity contribution >= 4 is 6.09 Å². The van der Waals surface area contributed by atoms with Gasteiger partial charge in [-0.25, -0.2) is 4.79 Å². The van der Waals surface area contributed by atoms with E-state index in [9.17, 15) is 4.79 Å². The van der Waals surface area contributed by atoms with E-state index in [1.165, 1.54) is 32.1 Å². The molecule has 1 saturated heterocycles. The molecule has 110 valence electrons. The summed E-state index contributed by atoms with van der Waals surface area (Å²) in [5.41, 5.74) is -0.420. The largest absolute Gasteiger partial charge is 0.444 e.